The Hall–Kier alpha value is -2.41. The van der Waals surface area contributed by atoms with E-state index >= 15 is 0 Å². The molecule has 2 aromatic heterocycles. The van der Waals surface area contributed by atoms with Crippen LogP contribution in [-0.4, -0.2) is 29.7 Å². The molecule has 144 valence electrons. The van der Waals surface area contributed by atoms with Gasteiger partial charge in [0.2, 0.25) is 0 Å². The van der Waals surface area contributed by atoms with E-state index in [0.717, 1.165) is 16.9 Å². The maximum atomic E-state index is 12.6. The van der Waals surface area contributed by atoms with Gasteiger partial charge in [0.25, 0.3) is 0 Å². The number of fused-ring (bicyclic) bond motifs is 3. The molecule has 27 heavy (non-hydrogen) atoms. The van der Waals surface area contributed by atoms with Crippen molar-refractivity contribution in [3.05, 3.63) is 43.9 Å². The maximum Gasteiger partial charge on any atom is 0.343 e. The molecule has 0 bridgehead atoms. The molecule has 0 aliphatic carbocycles. The number of hydrogen-bond donors (Lipinski definition) is 0. The molecule has 0 radical (unpaired) electrons. The number of esters is 2. The molecule has 1 unspecified atom stereocenters. The quantitative estimate of drug-likeness (QED) is 0.729. The van der Waals surface area contributed by atoms with Crippen LogP contribution < -0.4 is 5.43 Å². The lowest BCUT2D eigenvalue weighted by Gasteiger charge is -2.32. The number of nitrogens with zero attached hydrogens (tertiary/aromatic N) is 1. The van der Waals surface area contributed by atoms with Crippen molar-refractivity contribution in [2.24, 2.45) is 5.92 Å². The van der Waals surface area contributed by atoms with E-state index in [-0.39, 0.29) is 30.7 Å². The third kappa shape index (κ3) is 3.43. The number of pyridine rings is 1. The van der Waals surface area contributed by atoms with Gasteiger partial charge in [-0.15, -0.1) is 11.3 Å². The molecule has 0 N–H and O–H groups in total. The van der Waals surface area contributed by atoms with Gasteiger partial charge in [-0.25, -0.2) is 9.59 Å². The van der Waals surface area contributed by atoms with Crippen molar-refractivity contribution in [2.45, 2.75) is 40.2 Å². The highest BCUT2D eigenvalue weighted by molar-refractivity contribution is 7.10. The summed E-state index contributed by atoms with van der Waals surface area (Å²) in [5, 5.41) is 1.79. The molecule has 7 heteroatoms. The molecule has 0 amide bonds. The molecule has 0 fully saturated rings. The number of ether oxygens (including phenoxy) is 2. The third-order valence-corrected chi connectivity index (χ3v) is 5.72. The standard InChI is InChI=1S/C20H23NO5S/c1-5-25-19(23)12-9-21-14(11(3)4)8-17-18(15(21)7-16(12)22)13(10-27-17)20(24)26-6-2/h7,9-11,14H,5-6,8H2,1-4H3. The average molecular weight is 389 g/mol. The van der Waals surface area contributed by atoms with E-state index in [1.165, 1.54) is 17.4 Å². The molecule has 3 rings (SSSR count). The molecule has 0 spiro atoms. The van der Waals surface area contributed by atoms with Crippen molar-refractivity contribution in [1.82, 2.24) is 4.57 Å². The Bertz CT molecular complexity index is 940. The molecule has 1 atom stereocenters. The largest absolute Gasteiger partial charge is 0.462 e. The van der Waals surface area contributed by atoms with Crippen LogP contribution in [0.4, 0.5) is 0 Å². The van der Waals surface area contributed by atoms with Gasteiger partial charge in [0.15, 0.2) is 5.43 Å². The summed E-state index contributed by atoms with van der Waals surface area (Å²) in [6.07, 6.45) is 2.31. The van der Waals surface area contributed by atoms with E-state index in [0.29, 0.717) is 11.3 Å². The number of thiophene rings is 1. The summed E-state index contributed by atoms with van der Waals surface area (Å²) in [5.74, 6) is -0.740. The third-order valence-electron chi connectivity index (χ3n) is 4.72. The lowest BCUT2D eigenvalue weighted by molar-refractivity contribution is 0.0514. The molecule has 2 aromatic rings. The maximum absolute atomic E-state index is 12.6. The van der Waals surface area contributed by atoms with Gasteiger partial charge >= 0.3 is 11.9 Å². The van der Waals surface area contributed by atoms with Gasteiger partial charge in [0.1, 0.15) is 5.56 Å². The lowest BCUT2D eigenvalue weighted by atomic mass is 9.90. The van der Waals surface area contributed by atoms with Crippen molar-refractivity contribution in [2.75, 3.05) is 13.2 Å². The Balaban J connectivity index is 2.21. The van der Waals surface area contributed by atoms with Crippen molar-refractivity contribution in [1.29, 1.82) is 0 Å². The predicted molar refractivity (Wildman–Crippen MR) is 104 cm³/mol. The first-order chi connectivity index (χ1) is 12.9. The van der Waals surface area contributed by atoms with E-state index in [9.17, 15) is 14.4 Å². The van der Waals surface area contributed by atoms with Crippen LogP contribution in [0.1, 0.15) is 59.3 Å². The molecule has 0 aromatic carbocycles. The van der Waals surface area contributed by atoms with Crippen molar-refractivity contribution in [3.63, 3.8) is 0 Å². The zero-order chi connectivity index (χ0) is 19.7. The summed E-state index contributed by atoms with van der Waals surface area (Å²) in [6.45, 7) is 8.15. The van der Waals surface area contributed by atoms with Crippen LogP contribution in [0.5, 0.6) is 0 Å². The van der Waals surface area contributed by atoms with E-state index in [2.05, 4.69) is 13.8 Å². The van der Waals surface area contributed by atoms with Crippen LogP contribution in [0, 0.1) is 5.92 Å². The van der Waals surface area contributed by atoms with Gasteiger partial charge in [0, 0.05) is 40.5 Å². The summed E-state index contributed by atoms with van der Waals surface area (Å²) in [6, 6.07) is 1.52. The molecular formula is C20H23NO5S. The first kappa shape index (κ1) is 19.4. The Labute approximate surface area is 161 Å². The topological polar surface area (TPSA) is 74.6 Å². The molecule has 1 aliphatic rings. The first-order valence-corrected chi connectivity index (χ1v) is 9.98. The molecule has 3 heterocycles. The second kappa shape index (κ2) is 7.68. The minimum Gasteiger partial charge on any atom is -0.462 e. The Morgan fingerprint density at radius 3 is 2.41 bits per heavy atom. The summed E-state index contributed by atoms with van der Waals surface area (Å²) in [7, 11) is 0. The fourth-order valence-electron chi connectivity index (χ4n) is 3.42. The summed E-state index contributed by atoms with van der Waals surface area (Å²) in [4.78, 5) is 38.2. The van der Waals surface area contributed by atoms with Crippen molar-refractivity contribution < 1.29 is 19.1 Å². The number of hydrogen-bond acceptors (Lipinski definition) is 6. The zero-order valence-electron chi connectivity index (χ0n) is 15.9. The number of aromatic nitrogens is 1. The Morgan fingerprint density at radius 1 is 1.19 bits per heavy atom. The first-order valence-electron chi connectivity index (χ1n) is 9.10. The van der Waals surface area contributed by atoms with Gasteiger partial charge in [-0.05, 0) is 19.8 Å². The van der Waals surface area contributed by atoms with Crippen molar-refractivity contribution in [3.8, 4) is 11.3 Å². The molecule has 0 saturated carbocycles. The highest BCUT2D eigenvalue weighted by Gasteiger charge is 2.32. The van der Waals surface area contributed by atoms with Gasteiger partial charge in [-0.1, -0.05) is 13.8 Å². The predicted octanol–water partition coefficient (Wildman–Crippen LogP) is 3.68. The Kier molecular flexibility index (Phi) is 5.51. The minimum atomic E-state index is -0.623. The highest BCUT2D eigenvalue weighted by atomic mass is 32.1. The number of carbonyl (C=O) groups excluding carboxylic acids is 2. The fraction of sp³-hybridized carbons (Fsp3) is 0.450. The molecular weight excluding hydrogens is 366 g/mol. The second-order valence-corrected chi connectivity index (χ2v) is 7.71. The summed E-state index contributed by atoms with van der Waals surface area (Å²) < 4.78 is 12.1. The van der Waals surface area contributed by atoms with Crippen LogP contribution in [0.3, 0.4) is 0 Å². The Morgan fingerprint density at radius 2 is 1.81 bits per heavy atom. The van der Waals surface area contributed by atoms with Crippen LogP contribution >= 0.6 is 11.3 Å². The van der Waals surface area contributed by atoms with Crippen LogP contribution in [0.15, 0.2) is 22.4 Å². The van der Waals surface area contributed by atoms with Gasteiger partial charge in [-0.2, -0.15) is 0 Å². The molecule has 6 nitrogen and oxygen atoms in total. The smallest absolute Gasteiger partial charge is 0.343 e. The summed E-state index contributed by atoms with van der Waals surface area (Å²) in [5.41, 5.74) is 1.47. The molecule has 1 aliphatic heterocycles. The number of carbonyl (C=O) groups is 2. The normalized spacial score (nSPS) is 15.2. The van der Waals surface area contributed by atoms with E-state index in [1.807, 2.05) is 4.57 Å². The van der Waals surface area contributed by atoms with E-state index in [1.54, 1.807) is 25.4 Å². The monoisotopic (exact) mass is 389 g/mol. The van der Waals surface area contributed by atoms with Gasteiger partial charge in [-0.3, -0.25) is 4.79 Å². The average Bonchev–Trinajstić information content (AvgIpc) is 3.05. The van der Waals surface area contributed by atoms with E-state index in [4.69, 9.17) is 9.47 Å². The number of rotatable bonds is 5. The fourth-order valence-corrected chi connectivity index (χ4v) is 4.49. The van der Waals surface area contributed by atoms with E-state index < -0.39 is 17.4 Å². The van der Waals surface area contributed by atoms with Crippen molar-refractivity contribution >= 4 is 23.3 Å². The summed E-state index contributed by atoms with van der Waals surface area (Å²) >= 11 is 1.51. The molecule has 0 saturated heterocycles. The van der Waals surface area contributed by atoms with Crippen LogP contribution in [0.25, 0.3) is 11.3 Å². The van der Waals surface area contributed by atoms with Crippen LogP contribution in [-0.2, 0) is 15.9 Å². The minimum absolute atomic E-state index is 0.0163. The second-order valence-electron chi connectivity index (χ2n) is 6.75. The van der Waals surface area contributed by atoms with Gasteiger partial charge in [0.05, 0.1) is 24.5 Å². The lowest BCUT2D eigenvalue weighted by Crippen LogP contribution is -2.28. The highest BCUT2D eigenvalue weighted by Crippen LogP contribution is 2.42. The SMILES string of the molecule is CCOC(=O)c1csc2c1-c1cc(=O)c(C(=O)OCC)cn1C(C(C)C)C2. The zero-order valence-corrected chi connectivity index (χ0v) is 16.7. The van der Waals surface area contributed by atoms with Crippen LogP contribution in [0.2, 0.25) is 0 Å². The van der Waals surface area contributed by atoms with Gasteiger partial charge < -0.3 is 14.0 Å².